The topological polar surface area (TPSA) is 56.0 Å². The third kappa shape index (κ3) is 2.91. The molecule has 3 nitrogen and oxygen atoms in total. The highest BCUT2D eigenvalue weighted by Gasteiger charge is 2.12. The Labute approximate surface area is 130 Å². The summed E-state index contributed by atoms with van der Waals surface area (Å²) >= 11 is 5.96. The molecule has 0 bridgehead atoms. The van der Waals surface area contributed by atoms with Gasteiger partial charge in [-0.3, -0.25) is 9.19 Å². The summed E-state index contributed by atoms with van der Waals surface area (Å²) in [6.45, 7) is 0. The predicted octanol–water partition coefficient (Wildman–Crippen LogP) is 3.78. The molecule has 0 radical (unpaired) electrons. The number of aromatic nitrogens is 1. The van der Waals surface area contributed by atoms with Gasteiger partial charge in [0.25, 0.3) is 0 Å². The van der Waals surface area contributed by atoms with E-state index >= 15 is 0 Å². The molecule has 0 aliphatic carbocycles. The Morgan fingerprint density at radius 2 is 1.95 bits per heavy atom. The molecule has 0 aliphatic rings. The fraction of sp³-hybridized carbons (Fsp3) is 0.0625. The van der Waals surface area contributed by atoms with Crippen LogP contribution in [0.4, 0.5) is 5.69 Å². The number of nitrogens with two attached hydrogens (primary N) is 1. The molecule has 0 saturated carbocycles. The van der Waals surface area contributed by atoms with E-state index in [9.17, 15) is 4.21 Å². The van der Waals surface area contributed by atoms with Gasteiger partial charge in [0.1, 0.15) is 0 Å². The summed E-state index contributed by atoms with van der Waals surface area (Å²) in [5.41, 5.74) is 8.19. The summed E-state index contributed by atoms with van der Waals surface area (Å²) in [5, 5.41) is 1.56. The molecule has 21 heavy (non-hydrogen) atoms. The zero-order valence-electron chi connectivity index (χ0n) is 11.1. The minimum Gasteiger partial charge on any atom is -0.398 e. The van der Waals surface area contributed by atoms with Crippen molar-refractivity contribution in [3.8, 4) is 0 Å². The second kappa shape index (κ2) is 5.84. The van der Waals surface area contributed by atoms with E-state index in [0.717, 1.165) is 16.5 Å². The van der Waals surface area contributed by atoms with Gasteiger partial charge in [-0.05, 0) is 29.8 Å². The van der Waals surface area contributed by atoms with Gasteiger partial charge >= 0.3 is 0 Å². The average Bonchev–Trinajstić information content (AvgIpc) is 2.50. The number of benzene rings is 2. The smallest absolute Gasteiger partial charge is 0.0743 e. The molecule has 1 atom stereocenters. The minimum absolute atomic E-state index is 0.360. The number of halogens is 1. The van der Waals surface area contributed by atoms with Crippen LogP contribution < -0.4 is 5.73 Å². The van der Waals surface area contributed by atoms with Gasteiger partial charge in [0.15, 0.2) is 0 Å². The van der Waals surface area contributed by atoms with Crippen LogP contribution in [0.15, 0.2) is 59.6 Å². The van der Waals surface area contributed by atoms with Gasteiger partial charge in [-0.1, -0.05) is 35.9 Å². The molecular formula is C16H13ClN2OS. The van der Waals surface area contributed by atoms with Crippen LogP contribution in [0.25, 0.3) is 10.9 Å². The zero-order chi connectivity index (χ0) is 14.8. The number of nitrogen functional groups attached to an aromatic ring is 1. The van der Waals surface area contributed by atoms with Crippen molar-refractivity contribution >= 4 is 39.0 Å². The first-order valence-corrected chi connectivity index (χ1v) is 8.11. The van der Waals surface area contributed by atoms with Gasteiger partial charge in [0.05, 0.1) is 27.0 Å². The summed E-state index contributed by atoms with van der Waals surface area (Å²) in [7, 11) is -1.26. The van der Waals surface area contributed by atoms with E-state index in [1.165, 1.54) is 0 Å². The monoisotopic (exact) mass is 316 g/mol. The molecule has 5 heteroatoms. The second-order valence-electron chi connectivity index (χ2n) is 4.66. The van der Waals surface area contributed by atoms with Crippen LogP contribution in [0.5, 0.6) is 0 Å². The van der Waals surface area contributed by atoms with E-state index in [4.69, 9.17) is 17.3 Å². The van der Waals surface area contributed by atoms with Crippen LogP contribution in [-0.4, -0.2) is 9.19 Å². The lowest BCUT2D eigenvalue weighted by Gasteiger charge is -2.08. The van der Waals surface area contributed by atoms with Crippen LogP contribution in [0.1, 0.15) is 5.56 Å². The largest absolute Gasteiger partial charge is 0.398 e. The third-order valence-electron chi connectivity index (χ3n) is 3.22. The molecule has 1 heterocycles. The van der Waals surface area contributed by atoms with Crippen molar-refractivity contribution in [2.45, 2.75) is 10.6 Å². The van der Waals surface area contributed by atoms with Crippen molar-refractivity contribution in [2.75, 3.05) is 5.73 Å². The van der Waals surface area contributed by atoms with Gasteiger partial charge in [0, 0.05) is 22.3 Å². The Morgan fingerprint density at radius 3 is 2.81 bits per heavy atom. The van der Waals surface area contributed by atoms with Gasteiger partial charge in [-0.25, -0.2) is 0 Å². The highest BCUT2D eigenvalue weighted by Crippen LogP contribution is 2.25. The van der Waals surface area contributed by atoms with Crippen molar-refractivity contribution in [3.63, 3.8) is 0 Å². The number of hydrogen-bond acceptors (Lipinski definition) is 3. The van der Waals surface area contributed by atoms with E-state index in [0.29, 0.717) is 21.4 Å². The highest BCUT2D eigenvalue weighted by atomic mass is 35.5. The van der Waals surface area contributed by atoms with Crippen molar-refractivity contribution in [1.29, 1.82) is 0 Å². The third-order valence-corrected chi connectivity index (χ3v) is 4.88. The van der Waals surface area contributed by atoms with Crippen molar-refractivity contribution in [3.05, 3.63) is 65.3 Å². The van der Waals surface area contributed by atoms with E-state index in [2.05, 4.69) is 4.98 Å². The maximum atomic E-state index is 12.6. The van der Waals surface area contributed by atoms with Crippen LogP contribution in [-0.2, 0) is 16.6 Å². The number of rotatable bonds is 3. The Balaban J connectivity index is 1.99. The zero-order valence-corrected chi connectivity index (χ0v) is 12.7. The summed E-state index contributed by atoms with van der Waals surface area (Å²) in [4.78, 5) is 4.94. The summed E-state index contributed by atoms with van der Waals surface area (Å²) in [5.74, 6) is 0.360. The van der Waals surface area contributed by atoms with Crippen molar-refractivity contribution in [1.82, 2.24) is 4.98 Å². The second-order valence-corrected chi connectivity index (χ2v) is 6.52. The number of anilines is 1. The molecule has 3 rings (SSSR count). The van der Waals surface area contributed by atoms with Crippen LogP contribution in [0.2, 0.25) is 5.02 Å². The van der Waals surface area contributed by atoms with E-state index in [1.54, 1.807) is 24.4 Å². The molecule has 0 amide bonds. The first-order chi connectivity index (χ1) is 10.1. The molecule has 1 unspecified atom stereocenters. The van der Waals surface area contributed by atoms with Gasteiger partial charge < -0.3 is 5.73 Å². The molecule has 2 N–H and O–H groups in total. The van der Waals surface area contributed by atoms with Gasteiger partial charge in [-0.15, -0.1) is 0 Å². The number of hydrogen-bond donors (Lipinski definition) is 1. The summed E-state index contributed by atoms with van der Waals surface area (Å²) < 4.78 is 12.6. The fourth-order valence-corrected chi connectivity index (χ4v) is 3.71. The van der Waals surface area contributed by atoms with Crippen molar-refractivity contribution < 1.29 is 4.21 Å². The van der Waals surface area contributed by atoms with Crippen LogP contribution >= 0.6 is 11.6 Å². The maximum Gasteiger partial charge on any atom is 0.0743 e. The molecule has 0 aliphatic heterocycles. The van der Waals surface area contributed by atoms with E-state index in [1.807, 2.05) is 30.3 Å². The summed E-state index contributed by atoms with van der Waals surface area (Å²) in [6, 6.07) is 14.8. The molecule has 1 aromatic heterocycles. The number of pyridine rings is 1. The molecular weight excluding hydrogens is 304 g/mol. The molecule has 2 aromatic carbocycles. The predicted molar refractivity (Wildman–Crippen MR) is 87.7 cm³/mol. The highest BCUT2D eigenvalue weighted by molar-refractivity contribution is 7.84. The average molecular weight is 317 g/mol. The molecule has 0 fully saturated rings. The quantitative estimate of drug-likeness (QED) is 0.748. The number of fused-ring (bicyclic) bond motifs is 1. The maximum absolute atomic E-state index is 12.6. The lowest BCUT2D eigenvalue weighted by molar-refractivity contribution is 0.683. The Morgan fingerprint density at radius 1 is 1.14 bits per heavy atom. The molecule has 3 aromatic rings. The van der Waals surface area contributed by atoms with Crippen molar-refractivity contribution in [2.24, 2.45) is 0 Å². The lowest BCUT2D eigenvalue weighted by Crippen LogP contribution is -2.02. The fourth-order valence-electron chi connectivity index (χ4n) is 2.21. The SMILES string of the molecule is Nc1ccc(Cl)cc1S(=O)Cc1cccc2cccnc12. The number of para-hydroxylation sites is 1. The lowest BCUT2D eigenvalue weighted by atomic mass is 10.1. The number of nitrogens with zero attached hydrogens (tertiary/aromatic N) is 1. The van der Waals surface area contributed by atoms with Gasteiger partial charge in [-0.2, -0.15) is 0 Å². The Kier molecular flexibility index (Phi) is 3.90. The Hall–Kier alpha value is -1.91. The minimum atomic E-state index is -1.26. The molecule has 106 valence electrons. The Bertz CT molecular complexity index is 830. The standard InChI is InChI=1S/C16H13ClN2OS/c17-13-6-7-14(18)15(9-13)21(20)10-12-4-1-3-11-5-2-8-19-16(11)12/h1-9H,10,18H2. The van der Waals surface area contributed by atoms with E-state index in [-0.39, 0.29) is 0 Å². The normalized spacial score (nSPS) is 12.4. The molecule has 0 spiro atoms. The first-order valence-electron chi connectivity index (χ1n) is 6.41. The molecule has 0 saturated heterocycles. The van der Waals surface area contributed by atoms with Crippen LogP contribution in [0, 0.1) is 0 Å². The first kappa shape index (κ1) is 14.0. The van der Waals surface area contributed by atoms with Crippen LogP contribution in [0.3, 0.4) is 0 Å². The van der Waals surface area contributed by atoms with Gasteiger partial charge in [0.2, 0.25) is 0 Å². The van der Waals surface area contributed by atoms with E-state index < -0.39 is 10.8 Å². The summed E-state index contributed by atoms with van der Waals surface area (Å²) in [6.07, 6.45) is 1.74.